The summed E-state index contributed by atoms with van der Waals surface area (Å²) in [5.41, 5.74) is 0.930. The molecule has 0 saturated heterocycles. The van der Waals surface area contributed by atoms with Crippen molar-refractivity contribution in [3.8, 4) is 0 Å². The van der Waals surface area contributed by atoms with Gasteiger partial charge in [-0.1, -0.05) is 0 Å². The van der Waals surface area contributed by atoms with Crippen molar-refractivity contribution in [3.05, 3.63) is 27.9 Å². The number of carbonyl (C=O) groups is 1. The van der Waals surface area contributed by atoms with Gasteiger partial charge in [0.1, 0.15) is 0 Å². The lowest BCUT2D eigenvalue weighted by molar-refractivity contribution is -0.141. The molecule has 1 atom stereocenters. The highest BCUT2D eigenvalue weighted by molar-refractivity contribution is 5.71. The molecule has 0 fully saturated rings. The molecule has 0 bridgehead atoms. The molecule has 68 valence electrons. The monoisotopic (exact) mass is 180 g/mol. The molecule has 0 aromatic carbocycles. The number of rotatable bonds is 1. The van der Waals surface area contributed by atoms with E-state index >= 15 is 0 Å². The van der Waals surface area contributed by atoms with Gasteiger partial charge in [0.05, 0.1) is 17.9 Å². The first-order chi connectivity index (χ1) is 6.18. The Balaban J connectivity index is 2.41. The van der Waals surface area contributed by atoms with Gasteiger partial charge in [-0.15, -0.1) is 0 Å². The second-order valence-electron chi connectivity index (χ2n) is 3.10. The minimum Gasteiger partial charge on any atom is -0.481 e. The number of nitrogens with zero attached hydrogens (tertiary/aromatic N) is 1. The smallest absolute Gasteiger partial charge is 0.307 e. The van der Waals surface area contributed by atoms with E-state index in [2.05, 4.69) is 9.97 Å². The van der Waals surface area contributed by atoms with Crippen LogP contribution in [0.4, 0.5) is 0 Å². The largest absolute Gasteiger partial charge is 0.481 e. The fourth-order valence-electron chi connectivity index (χ4n) is 1.58. The maximum atomic E-state index is 11.2. The standard InChI is InChI=1S/C8H8N2O3/c11-7-5-1-4(8(12)13)2-6(5)9-3-10-7/h3-4H,1-2H2,(H,12,13)(H,9,10,11). The number of carboxylic acid groups (broad SMARTS) is 1. The Bertz CT molecular complexity index is 410. The molecule has 0 radical (unpaired) electrons. The third-order valence-electron chi connectivity index (χ3n) is 2.28. The van der Waals surface area contributed by atoms with Crippen molar-refractivity contribution in [2.24, 2.45) is 5.92 Å². The molecule has 5 heteroatoms. The summed E-state index contributed by atoms with van der Waals surface area (Å²) in [7, 11) is 0. The van der Waals surface area contributed by atoms with Crippen LogP contribution in [0, 0.1) is 5.92 Å². The number of carboxylic acids is 1. The number of hydrogen-bond donors (Lipinski definition) is 2. The van der Waals surface area contributed by atoms with E-state index in [4.69, 9.17) is 5.11 Å². The van der Waals surface area contributed by atoms with E-state index in [9.17, 15) is 9.59 Å². The highest BCUT2D eigenvalue weighted by Gasteiger charge is 2.29. The summed E-state index contributed by atoms with van der Waals surface area (Å²) < 4.78 is 0. The van der Waals surface area contributed by atoms with E-state index in [0.29, 0.717) is 24.1 Å². The van der Waals surface area contributed by atoms with E-state index in [1.165, 1.54) is 6.33 Å². The van der Waals surface area contributed by atoms with E-state index in [1.807, 2.05) is 0 Å². The zero-order valence-corrected chi connectivity index (χ0v) is 6.78. The molecule has 5 nitrogen and oxygen atoms in total. The number of nitrogens with one attached hydrogen (secondary N) is 1. The van der Waals surface area contributed by atoms with Crippen LogP contribution in [0.2, 0.25) is 0 Å². The minimum atomic E-state index is -0.864. The van der Waals surface area contributed by atoms with E-state index in [0.717, 1.165) is 0 Å². The van der Waals surface area contributed by atoms with Crippen LogP contribution in [0.5, 0.6) is 0 Å². The fourth-order valence-corrected chi connectivity index (χ4v) is 1.58. The van der Waals surface area contributed by atoms with Gasteiger partial charge in [0.15, 0.2) is 0 Å². The number of aromatic amines is 1. The molecule has 0 saturated carbocycles. The summed E-state index contributed by atoms with van der Waals surface area (Å²) in [4.78, 5) is 28.2. The zero-order valence-electron chi connectivity index (χ0n) is 6.78. The van der Waals surface area contributed by atoms with Crippen LogP contribution < -0.4 is 5.56 Å². The number of hydrogen-bond acceptors (Lipinski definition) is 3. The fraction of sp³-hybridized carbons (Fsp3) is 0.375. The Labute approximate surface area is 73.4 Å². The quantitative estimate of drug-likeness (QED) is 0.614. The van der Waals surface area contributed by atoms with Crippen molar-refractivity contribution in [2.75, 3.05) is 0 Å². The summed E-state index contributed by atoms with van der Waals surface area (Å²) in [6, 6.07) is 0. The van der Waals surface area contributed by atoms with Crippen LogP contribution in [0.25, 0.3) is 0 Å². The molecule has 2 rings (SSSR count). The number of H-pyrrole nitrogens is 1. The normalized spacial score (nSPS) is 19.8. The SMILES string of the molecule is O=C(O)C1Cc2nc[nH]c(=O)c2C1. The van der Waals surface area contributed by atoms with Crippen molar-refractivity contribution in [1.29, 1.82) is 0 Å². The lowest BCUT2D eigenvalue weighted by atomic mass is 10.1. The molecular formula is C8H8N2O3. The Morgan fingerprint density at radius 2 is 2.38 bits per heavy atom. The molecule has 13 heavy (non-hydrogen) atoms. The average Bonchev–Trinajstić information content (AvgIpc) is 2.49. The molecule has 1 heterocycles. The van der Waals surface area contributed by atoms with Crippen LogP contribution in [-0.4, -0.2) is 21.0 Å². The van der Waals surface area contributed by atoms with Crippen molar-refractivity contribution < 1.29 is 9.90 Å². The van der Waals surface area contributed by atoms with Crippen LogP contribution in [0.15, 0.2) is 11.1 Å². The first-order valence-electron chi connectivity index (χ1n) is 3.96. The topological polar surface area (TPSA) is 83.0 Å². The average molecular weight is 180 g/mol. The lowest BCUT2D eigenvalue weighted by Gasteiger charge is -1.97. The van der Waals surface area contributed by atoms with Gasteiger partial charge in [-0.3, -0.25) is 9.59 Å². The van der Waals surface area contributed by atoms with Crippen LogP contribution in [0.1, 0.15) is 11.3 Å². The maximum Gasteiger partial charge on any atom is 0.307 e. The first-order valence-corrected chi connectivity index (χ1v) is 3.96. The van der Waals surface area contributed by atoms with Gasteiger partial charge in [-0.05, 0) is 6.42 Å². The third kappa shape index (κ3) is 1.22. The minimum absolute atomic E-state index is 0.214. The first kappa shape index (κ1) is 7.97. The van der Waals surface area contributed by atoms with Gasteiger partial charge < -0.3 is 10.1 Å². The molecule has 1 aromatic heterocycles. The van der Waals surface area contributed by atoms with Crippen molar-refractivity contribution in [1.82, 2.24) is 9.97 Å². The molecule has 0 spiro atoms. The summed E-state index contributed by atoms with van der Waals surface area (Å²) in [5, 5.41) is 8.74. The van der Waals surface area contributed by atoms with Gasteiger partial charge in [0.25, 0.3) is 5.56 Å². The van der Waals surface area contributed by atoms with Crippen molar-refractivity contribution in [2.45, 2.75) is 12.8 Å². The van der Waals surface area contributed by atoms with Gasteiger partial charge >= 0.3 is 5.97 Å². The van der Waals surface area contributed by atoms with Crippen molar-refractivity contribution >= 4 is 5.97 Å². The van der Waals surface area contributed by atoms with Gasteiger partial charge in [0, 0.05) is 12.0 Å². The molecule has 2 N–H and O–H groups in total. The number of aliphatic carboxylic acids is 1. The summed E-state index contributed by atoms with van der Waals surface area (Å²) in [6.07, 6.45) is 1.98. The molecule has 1 aliphatic carbocycles. The van der Waals surface area contributed by atoms with Gasteiger partial charge in [-0.25, -0.2) is 4.98 Å². The lowest BCUT2D eigenvalue weighted by Crippen LogP contribution is -2.15. The number of fused-ring (bicyclic) bond motifs is 1. The van der Waals surface area contributed by atoms with Gasteiger partial charge in [0.2, 0.25) is 0 Å². The highest BCUT2D eigenvalue weighted by Crippen LogP contribution is 2.21. The maximum absolute atomic E-state index is 11.2. The molecule has 1 aliphatic rings. The Kier molecular flexibility index (Phi) is 1.65. The predicted octanol–water partition coefficient (Wildman–Crippen LogP) is -0.431. The molecule has 1 aromatic rings. The van der Waals surface area contributed by atoms with E-state index in [-0.39, 0.29) is 5.56 Å². The van der Waals surface area contributed by atoms with Crippen LogP contribution in [-0.2, 0) is 17.6 Å². The van der Waals surface area contributed by atoms with Gasteiger partial charge in [-0.2, -0.15) is 0 Å². The number of aromatic nitrogens is 2. The van der Waals surface area contributed by atoms with Crippen LogP contribution in [0.3, 0.4) is 0 Å². The summed E-state index contributed by atoms with van der Waals surface area (Å²) in [6.45, 7) is 0. The highest BCUT2D eigenvalue weighted by atomic mass is 16.4. The second kappa shape index (κ2) is 2.69. The van der Waals surface area contributed by atoms with Crippen LogP contribution >= 0.6 is 0 Å². The molecular weight excluding hydrogens is 172 g/mol. The Morgan fingerprint density at radius 1 is 1.62 bits per heavy atom. The second-order valence-corrected chi connectivity index (χ2v) is 3.10. The van der Waals surface area contributed by atoms with Crippen molar-refractivity contribution in [3.63, 3.8) is 0 Å². The summed E-state index contributed by atoms with van der Waals surface area (Å²) >= 11 is 0. The molecule has 1 unspecified atom stereocenters. The molecule has 0 aliphatic heterocycles. The van der Waals surface area contributed by atoms with E-state index in [1.54, 1.807) is 0 Å². The Hall–Kier alpha value is -1.65. The summed E-state index contributed by atoms with van der Waals surface area (Å²) in [5.74, 6) is -1.34. The van der Waals surface area contributed by atoms with E-state index < -0.39 is 11.9 Å². The Morgan fingerprint density at radius 3 is 3.00 bits per heavy atom. The predicted molar refractivity (Wildman–Crippen MR) is 43.4 cm³/mol. The zero-order chi connectivity index (χ0) is 9.42. The molecule has 0 amide bonds. The third-order valence-corrected chi connectivity index (χ3v) is 2.28.